The fourth-order valence-electron chi connectivity index (χ4n) is 3.48. The first kappa shape index (κ1) is 16.2. The lowest BCUT2D eigenvalue weighted by atomic mass is 9.85. The minimum absolute atomic E-state index is 0.322. The van der Waals surface area contributed by atoms with Gasteiger partial charge in [-0.25, -0.2) is 0 Å². The van der Waals surface area contributed by atoms with Gasteiger partial charge in [-0.15, -0.1) is 0 Å². The zero-order valence-electron chi connectivity index (χ0n) is 13.8. The lowest BCUT2D eigenvalue weighted by Gasteiger charge is -2.40. The van der Waals surface area contributed by atoms with Crippen molar-refractivity contribution in [3.63, 3.8) is 0 Å². The summed E-state index contributed by atoms with van der Waals surface area (Å²) >= 11 is 0. The number of nitrogens with zero attached hydrogens (tertiary/aromatic N) is 2. The van der Waals surface area contributed by atoms with Crippen LogP contribution in [0.1, 0.15) is 33.1 Å². The Morgan fingerprint density at radius 3 is 2.60 bits per heavy atom. The monoisotopic (exact) mass is 283 g/mol. The van der Waals surface area contributed by atoms with Crippen molar-refractivity contribution in [2.24, 2.45) is 5.41 Å². The van der Waals surface area contributed by atoms with Gasteiger partial charge >= 0.3 is 0 Å². The van der Waals surface area contributed by atoms with E-state index in [1.807, 2.05) is 0 Å². The molecule has 0 aromatic carbocycles. The highest BCUT2D eigenvalue weighted by Gasteiger charge is 2.37. The minimum atomic E-state index is 0.322. The van der Waals surface area contributed by atoms with E-state index in [9.17, 15) is 0 Å². The van der Waals surface area contributed by atoms with Crippen LogP contribution in [0, 0.1) is 5.41 Å². The Labute approximate surface area is 124 Å². The molecule has 2 aliphatic rings. The molecule has 1 unspecified atom stereocenters. The molecule has 2 heterocycles. The van der Waals surface area contributed by atoms with Crippen molar-refractivity contribution < 1.29 is 4.74 Å². The number of rotatable bonds is 6. The predicted octanol–water partition coefficient (Wildman–Crippen LogP) is 1.42. The van der Waals surface area contributed by atoms with Crippen molar-refractivity contribution >= 4 is 0 Å². The molecule has 0 amide bonds. The van der Waals surface area contributed by atoms with Crippen LogP contribution in [0.2, 0.25) is 0 Å². The van der Waals surface area contributed by atoms with Gasteiger partial charge < -0.3 is 19.9 Å². The topological polar surface area (TPSA) is 27.7 Å². The highest BCUT2D eigenvalue weighted by atomic mass is 16.5. The van der Waals surface area contributed by atoms with Gasteiger partial charge in [-0.1, -0.05) is 13.8 Å². The second kappa shape index (κ2) is 7.21. The maximum Gasteiger partial charge on any atom is 0.0547 e. The third kappa shape index (κ3) is 4.42. The molecule has 1 atom stereocenters. The van der Waals surface area contributed by atoms with E-state index in [2.05, 4.69) is 43.1 Å². The third-order valence-electron chi connectivity index (χ3n) is 4.97. The molecule has 2 saturated heterocycles. The maximum absolute atomic E-state index is 5.72. The van der Waals surface area contributed by atoms with Gasteiger partial charge in [-0.05, 0) is 46.4 Å². The zero-order chi connectivity index (χ0) is 14.6. The van der Waals surface area contributed by atoms with Crippen LogP contribution in [0.25, 0.3) is 0 Å². The van der Waals surface area contributed by atoms with Crippen molar-refractivity contribution in [1.29, 1.82) is 0 Å². The summed E-state index contributed by atoms with van der Waals surface area (Å²) in [6, 6.07) is 1.31. The summed E-state index contributed by atoms with van der Waals surface area (Å²) in [4.78, 5) is 5.04. The number of piperidine rings is 1. The minimum Gasteiger partial charge on any atom is -0.381 e. The fourth-order valence-corrected chi connectivity index (χ4v) is 3.48. The molecule has 20 heavy (non-hydrogen) atoms. The van der Waals surface area contributed by atoms with Crippen molar-refractivity contribution in [1.82, 2.24) is 15.1 Å². The Morgan fingerprint density at radius 2 is 2.05 bits per heavy atom. The molecule has 4 heteroatoms. The van der Waals surface area contributed by atoms with Crippen LogP contribution >= 0.6 is 0 Å². The molecule has 4 nitrogen and oxygen atoms in total. The SMILES string of the molecule is CC(C)NCC1(CN(C)C2CCN(C)CC2)CCOC1. The van der Waals surface area contributed by atoms with Crippen LogP contribution in [0.15, 0.2) is 0 Å². The first-order chi connectivity index (χ1) is 9.51. The Morgan fingerprint density at radius 1 is 1.35 bits per heavy atom. The molecule has 1 N–H and O–H groups in total. The maximum atomic E-state index is 5.72. The van der Waals surface area contributed by atoms with Crippen LogP contribution < -0.4 is 5.32 Å². The van der Waals surface area contributed by atoms with Crippen LogP contribution in [-0.4, -0.2) is 75.4 Å². The van der Waals surface area contributed by atoms with Gasteiger partial charge in [-0.2, -0.15) is 0 Å². The molecule has 0 aromatic rings. The number of hydrogen-bond donors (Lipinski definition) is 1. The molecule has 0 aliphatic carbocycles. The molecule has 2 aliphatic heterocycles. The molecule has 0 spiro atoms. The Hall–Kier alpha value is -0.160. The Bertz CT molecular complexity index is 281. The summed E-state index contributed by atoms with van der Waals surface area (Å²) in [5.74, 6) is 0. The van der Waals surface area contributed by atoms with E-state index in [0.29, 0.717) is 11.5 Å². The van der Waals surface area contributed by atoms with Gasteiger partial charge in [0.05, 0.1) is 6.61 Å². The van der Waals surface area contributed by atoms with E-state index in [1.54, 1.807) is 0 Å². The van der Waals surface area contributed by atoms with Crippen molar-refractivity contribution in [3.05, 3.63) is 0 Å². The Kier molecular flexibility index (Phi) is 5.84. The van der Waals surface area contributed by atoms with Crippen LogP contribution in [0.3, 0.4) is 0 Å². The molecule has 118 valence electrons. The normalized spacial score (nSPS) is 29.7. The zero-order valence-corrected chi connectivity index (χ0v) is 13.8. The number of hydrogen-bond acceptors (Lipinski definition) is 4. The lowest BCUT2D eigenvalue weighted by molar-refractivity contribution is 0.0763. The van der Waals surface area contributed by atoms with Crippen molar-refractivity contribution in [2.45, 2.75) is 45.2 Å². The molecule has 0 radical (unpaired) electrons. The molecule has 0 bridgehead atoms. The summed E-state index contributed by atoms with van der Waals surface area (Å²) in [7, 11) is 4.54. The molecule has 0 saturated carbocycles. The van der Waals surface area contributed by atoms with E-state index in [0.717, 1.165) is 25.8 Å². The summed E-state index contributed by atoms with van der Waals surface area (Å²) in [5.41, 5.74) is 0.322. The molecular weight excluding hydrogens is 250 g/mol. The van der Waals surface area contributed by atoms with Gasteiger partial charge in [0.1, 0.15) is 0 Å². The third-order valence-corrected chi connectivity index (χ3v) is 4.97. The smallest absolute Gasteiger partial charge is 0.0547 e. The number of likely N-dealkylation sites (tertiary alicyclic amines) is 1. The standard InChI is InChI=1S/C16H33N3O/c1-14(2)17-11-16(7-10-20-13-16)12-19(4)15-5-8-18(3)9-6-15/h14-15,17H,5-13H2,1-4H3. The molecular formula is C16H33N3O. The van der Waals surface area contributed by atoms with E-state index in [1.165, 1.54) is 38.9 Å². The van der Waals surface area contributed by atoms with Gasteiger partial charge in [-0.3, -0.25) is 0 Å². The molecule has 2 fully saturated rings. The molecule has 2 rings (SSSR count). The van der Waals surface area contributed by atoms with E-state index in [-0.39, 0.29) is 0 Å². The summed E-state index contributed by atoms with van der Waals surface area (Å²) < 4.78 is 5.72. The quantitative estimate of drug-likeness (QED) is 0.798. The van der Waals surface area contributed by atoms with Crippen LogP contribution in [0.5, 0.6) is 0 Å². The Balaban J connectivity index is 1.87. The van der Waals surface area contributed by atoms with Crippen molar-refractivity contribution in [3.8, 4) is 0 Å². The number of ether oxygens (including phenoxy) is 1. The number of nitrogens with one attached hydrogen (secondary N) is 1. The second-order valence-corrected chi connectivity index (χ2v) is 7.29. The first-order valence-electron chi connectivity index (χ1n) is 8.21. The largest absolute Gasteiger partial charge is 0.381 e. The first-order valence-corrected chi connectivity index (χ1v) is 8.21. The van der Waals surface area contributed by atoms with Crippen molar-refractivity contribution in [2.75, 3.05) is 53.5 Å². The average molecular weight is 283 g/mol. The van der Waals surface area contributed by atoms with Crippen LogP contribution in [0.4, 0.5) is 0 Å². The predicted molar refractivity (Wildman–Crippen MR) is 84.2 cm³/mol. The second-order valence-electron chi connectivity index (χ2n) is 7.29. The molecule has 0 aromatic heterocycles. The fraction of sp³-hybridized carbons (Fsp3) is 1.00. The van der Waals surface area contributed by atoms with E-state index < -0.39 is 0 Å². The summed E-state index contributed by atoms with van der Waals surface area (Å²) in [5, 5.41) is 3.63. The van der Waals surface area contributed by atoms with Gasteiger partial charge in [0, 0.05) is 37.2 Å². The van der Waals surface area contributed by atoms with Gasteiger partial charge in [0.15, 0.2) is 0 Å². The highest BCUT2D eigenvalue weighted by Crippen LogP contribution is 2.30. The van der Waals surface area contributed by atoms with E-state index in [4.69, 9.17) is 4.74 Å². The highest BCUT2D eigenvalue weighted by molar-refractivity contribution is 4.90. The van der Waals surface area contributed by atoms with Gasteiger partial charge in [0.25, 0.3) is 0 Å². The van der Waals surface area contributed by atoms with Gasteiger partial charge in [0.2, 0.25) is 0 Å². The summed E-state index contributed by atoms with van der Waals surface area (Å²) in [6.45, 7) is 11.0. The van der Waals surface area contributed by atoms with Crippen LogP contribution in [-0.2, 0) is 4.74 Å². The lowest BCUT2D eigenvalue weighted by Crippen LogP contribution is -2.50. The average Bonchev–Trinajstić information content (AvgIpc) is 2.86. The van der Waals surface area contributed by atoms with E-state index >= 15 is 0 Å². The summed E-state index contributed by atoms with van der Waals surface area (Å²) in [6.07, 6.45) is 3.81.